The highest BCUT2D eigenvalue weighted by atomic mass is 32.2. The van der Waals surface area contributed by atoms with Crippen molar-refractivity contribution in [3.63, 3.8) is 0 Å². The van der Waals surface area contributed by atoms with E-state index in [1.807, 2.05) is 38.8 Å². The van der Waals surface area contributed by atoms with Crippen molar-refractivity contribution in [1.29, 1.82) is 5.26 Å². The highest BCUT2D eigenvalue weighted by Gasteiger charge is 2.33. The summed E-state index contributed by atoms with van der Waals surface area (Å²) in [7, 11) is 1.91. The molecule has 1 unspecified atom stereocenters. The minimum absolute atomic E-state index is 0.0333. The number of nitriles is 1. The van der Waals surface area contributed by atoms with Crippen molar-refractivity contribution in [3.8, 4) is 11.8 Å². The number of esters is 4. The number of rotatable bonds is 47. The van der Waals surface area contributed by atoms with Gasteiger partial charge in [-0.1, -0.05) is 155 Å². The summed E-state index contributed by atoms with van der Waals surface area (Å²) in [5, 5.41) is 9.73. The maximum absolute atomic E-state index is 13.5. The van der Waals surface area contributed by atoms with Crippen LogP contribution >= 0.6 is 11.8 Å². The summed E-state index contributed by atoms with van der Waals surface area (Å²) in [6.45, 7) is 12.7. The monoisotopic (exact) mass is 1270 g/mol. The first-order chi connectivity index (χ1) is 43.6. The van der Waals surface area contributed by atoms with Crippen LogP contribution in [0.15, 0.2) is 55.0 Å². The number of unbranched alkanes of at least 4 members (excludes halogenated alkanes) is 22. The number of thioether (sulfide) groups is 1. The van der Waals surface area contributed by atoms with Gasteiger partial charge in [0.2, 0.25) is 5.91 Å². The molecular weight excluding hydrogens is 1160 g/mol. The summed E-state index contributed by atoms with van der Waals surface area (Å²) >= 11 is 1.33. The number of likely N-dealkylation sites (tertiary alicyclic amines) is 1. The molecule has 1 amide bonds. The van der Waals surface area contributed by atoms with E-state index in [0.717, 1.165) is 83.5 Å². The highest BCUT2D eigenvalue weighted by molar-refractivity contribution is 7.99. The van der Waals surface area contributed by atoms with Crippen LogP contribution in [0.4, 0.5) is 10.6 Å². The molecule has 3 aromatic rings. The molecule has 0 radical (unpaired) electrons. The van der Waals surface area contributed by atoms with E-state index in [0.29, 0.717) is 71.0 Å². The predicted octanol–water partition coefficient (Wildman–Crippen LogP) is 16.6. The minimum Gasteiger partial charge on any atom is -0.462 e. The number of fused-ring (bicyclic) bond motifs is 1. The second-order valence-corrected chi connectivity index (χ2v) is 25.8. The SMILES string of the molecule is CCCCCCCC/C=C\CCCCCCCC(=O)OCC(COC(=O)CCCCCCC/C=C\CCCCCCCC)OC(=O)CC(C)CSCC(=O)Oc1c(C)cc(COC(=O)n2ccc3c(N(C)[C@H]4CN(C(=O)CC#N)CC[C@H]4C)ncnc32)cc1C. The second kappa shape index (κ2) is 45.9. The van der Waals surface area contributed by atoms with Crippen molar-refractivity contribution in [1.82, 2.24) is 19.4 Å². The summed E-state index contributed by atoms with van der Waals surface area (Å²) in [5.74, 6) is -0.348. The summed E-state index contributed by atoms with van der Waals surface area (Å²) in [6, 6.07) is 7.26. The van der Waals surface area contributed by atoms with Gasteiger partial charge in [-0.05, 0) is 137 Å². The van der Waals surface area contributed by atoms with Gasteiger partial charge in [-0.25, -0.2) is 19.3 Å². The molecule has 0 aliphatic carbocycles. The van der Waals surface area contributed by atoms with Crippen LogP contribution in [-0.4, -0.2) is 112 Å². The van der Waals surface area contributed by atoms with Crippen LogP contribution < -0.4 is 9.64 Å². The second-order valence-electron chi connectivity index (χ2n) is 24.8. The number of anilines is 1. The Morgan fingerprint density at radius 1 is 0.711 bits per heavy atom. The molecule has 3 heterocycles. The molecule has 1 saturated heterocycles. The molecule has 2 aromatic heterocycles. The van der Waals surface area contributed by atoms with E-state index in [-0.39, 0.29) is 87.0 Å². The van der Waals surface area contributed by atoms with Gasteiger partial charge < -0.3 is 33.5 Å². The lowest BCUT2D eigenvalue weighted by Gasteiger charge is -2.42. The third kappa shape index (κ3) is 30.7. The number of ether oxygens (including phenoxy) is 5. The van der Waals surface area contributed by atoms with Gasteiger partial charge in [-0.15, -0.1) is 11.8 Å². The molecule has 500 valence electrons. The lowest BCUT2D eigenvalue weighted by atomic mass is 9.92. The molecule has 90 heavy (non-hydrogen) atoms. The molecule has 0 saturated carbocycles. The third-order valence-corrected chi connectivity index (χ3v) is 17.9. The zero-order chi connectivity index (χ0) is 65.1. The zero-order valence-electron chi connectivity index (χ0n) is 56.0. The fraction of sp³-hybridized carbons (Fsp3) is 0.681. The Kier molecular flexibility index (Phi) is 38.9. The number of carbonyl (C=O) groups excluding carboxylic acids is 6. The van der Waals surface area contributed by atoms with Gasteiger partial charge in [-0.2, -0.15) is 5.26 Å². The number of aryl methyl sites for hydroxylation is 2. The van der Waals surface area contributed by atoms with Crippen molar-refractivity contribution in [2.24, 2.45) is 11.8 Å². The van der Waals surface area contributed by atoms with Gasteiger partial charge >= 0.3 is 30.0 Å². The predicted molar refractivity (Wildman–Crippen MR) is 359 cm³/mol. The van der Waals surface area contributed by atoms with Crippen LogP contribution in [0.5, 0.6) is 5.75 Å². The smallest absolute Gasteiger partial charge is 0.420 e. The molecule has 17 nitrogen and oxygen atoms in total. The van der Waals surface area contributed by atoms with Crippen molar-refractivity contribution in [2.45, 2.75) is 259 Å². The van der Waals surface area contributed by atoms with E-state index >= 15 is 0 Å². The van der Waals surface area contributed by atoms with Crippen molar-refractivity contribution in [2.75, 3.05) is 49.8 Å². The molecule has 1 fully saturated rings. The Bertz CT molecular complexity index is 2620. The third-order valence-electron chi connectivity index (χ3n) is 16.7. The number of aromatic nitrogens is 3. The zero-order valence-corrected chi connectivity index (χ0v) is 56.8. The molecular formula is C72H110N6O11S. The molecule has 1 aromatic carbocycles. The summed E-state index contributed by atoms with van der Waals surface area (Å²) in [4.78, 5) is 91.0. The lowest BCUT2D eigenvalue weighted by molar-refractivity contribution is -0.167. The number of amides is 1. The van der Waals surface area contributed by atoms with E-state index < -0.39 is 24.1 Å². The van der Waals surface area contributed by atoms with E-state index in [9.17, 15) is 28.8 Å². The molecule has 4 rings (SSSR count). The number of allylic oxidation sites excluding steroid dienone is 4. The first-order valence-electron chi connectivity index (χ1n) is 34.2. The lowest BCUT2D eigenvalue weighted by Crippen LogP contribution is -2.52. The number of hydrogen-bond acceptors (Lipinski definition) is 16. The largest absolute Gasteiger partial charge is 0.462 e. The van der Waals surface area contributed by atoms with Crippen molar-refractivity contribution in [3.05, 3.63) is 71.7 Å². The van der Waals surface area contributed by atoms with Crippen molar-refractivity contribution >= 4 is 64.5 Å². The molecule has 0 bridgehead atoms. The minimum atomic E-state index is -0.953. The molecule has 0 N–H and O–H groups in total. The Balaban J connectivity index is 1.19. The maximum Gasteiger partial charge on any atom is 0.420 e. The molecule has 18 heteroatoms. The van der Waals surface area contributed by atoms with Gasteiger partial charge in [-0.3, -0.25) is 24.0 Å². The number of hydrogen-bond donors (Lipinski definition) is 0. The number of nitrogens with zero attached hydrogens (tertiary/aromatic N) is 6. The van der Waals surface area contributed by atoms with Gasteiger partial charge in [0, 0.05) is 45.6 Å². The van der Waals surface area contributed by atoms with Crippen LogP contribution in [0.25, 0.3) is 11.0 Å². The number of carbonyl (C=O) groups is 6. The van der Waals surface area contributed by atoms with Crippen LogP contribution in [0.2, 0.25) is 0 Å². The summed E-state index contributed by atoms with van der Waals surface area (Å²) in [6.07, 6.45) is 42.0. The van der Waals surface area contributed by atoms with Gasteiger partial charge in [0.1, 0.15) is 44.1 Å². The van der Waals surface area contributed by atoms with Crippen LogP contribution in [-0.2, 0) is 49.5 Å². The van der Waals surface area contributed by atoms with E-state index in [4.69, 9.17) is 28.9 Å². The Labute approximate surface area is 543 Å². The number of piperidine rings is 1. The van der Waals surface area contributed by atoms with Crippen LogP contribution in [0, 0.1) is 37.0 Å². The van der Waals surface area contributed by atoms with Crippen molar-refractivity contribution < 1.29 is 52.5 Å². The van der Waals surface area contributed by atoms with Crippen LogP contribution in [0.3, 0.4) is 0 Å². The molecule has 3 atom stereocenters. The highest BCUT2D eigenvalue weighted by Crippen LogP contribution is 2.31. The fourth-order valence-electron chi connectivity index (χ4n) is 11.4. The summed E-state index contributed by atoms with van der Waals surface area (Å²) < 4.78 is 29.9. The molecule has 1 aliphatic heterocycles. The average molecular weight is 1270 g/mol. The number of likely N-dealkylation sites (N-methyl/N-ethyl adjacent to an activating group) is 1. The van der Waals surface area contributed by atoms with E-state index in [2.05, 4.69) is 55.0 Å². The maximum atomic E-state index is 13.5. The quantitative estimate of drug-likeness (QED) is 0.0169. The van der Waals surface area contributed by atoms with Crippen LogP contribution in [0.1, 0.15) is 243 Å². The van der Waals surface area contributed by atoms with Gasteiger partial charge in [0.15, 0.2) is 11.8 Å². The van der Waals surface area contributed by atoms with E-state index in [1.54, 1.807) is 29.3 Å². The average Bonchev–Trinajstić information content (AvgIpc) is 1.66. The first-order valence-corrected chi connectivity index (χ1v) is 35.4. The first kappa shape index (κ1) is 76.2. The number of benzene rings is 1. The summed E-state index contributed by atoms with van der Waals surface area (Å²) in [5.41, 5.74) is 2.44. The Hall–Kier alpha value is -6.22. The molecule has 0 spiro atoms. The normalized spacial score (nSPS) is 14.5. The topological polar surface area (TPSA) is 210 Å². The fourth-order valence-corrected chi connectivity index (χ4v) is 12.2. The molecule has 1 aliphatic rings. The van der Waals surface area contributed by atoms with Gasteiger partial charge in [0.25, 0.3) is 0 Å². The van der Waals surface area contributed by atoms with Gasteiger partial charge in [0.05, 0.1) is 23.3 Å². The van der Waals surface area contributed by atoms with E-state index in [1.165, 1.54) is 99.7 Å². The Morgan fingerprint density at radius 2 is 1.23 bits per heavy atom. The Morgan fingerprint density at radius 3 is 1.77 bits per heavy atom. The standard InChI is InChI=1S/C72H110N6O11S/c1-8-10-12-14-16-18-20-22-24-26-28-30-32-34-36-38-65(80)85-51-61(52-86-66(81)39-37-35-33-31-29-27-25-23-21-19-17-15-13-11-9-2)88-67(82)46-56(3)53-90-54-68(83)89-69-58(5)47-60(48-59(69)6)50-87-72(84)78-45-42-62-70(74-55-75-71(62)78)76(7)63-49-77(44-41-57(63)4)64(79)40-43-73/h22-25,42,45,47-48,55-57,61,63H,8-21,26-41,44,46,49-54H2,1-7H3/b24-22-,25-23-/t56?,57-,63+/m1/s1.